The average Bonchev–Trinajstić information content (AvgIpc) is 2.90. The molecule has 0 bridgehead atoms. The van der Waals surface area contributed by atoms with E-state index in [1.165, 1.54) is 18.2 Å². The molecule has 1 aliphatic rings. The predicted octanol–water partition coefficient (Wildman–Crippen LogP) is 4.01. The minimum atomic E-state index is -0.486. The van der Waals surface area contributed by atoms with Gasteiger partial charge < -0.3 is 10.1 Å². The van der Waals surface area contributed by atoms with E-state index < -0.39 is 4.92 Å². The predicted molar refractivity (Wildman–Crippen MR) is 76.8 cm³/mol. The number of anilines is 1. The number of nitrogens with one attached hydrogen (secondary N) is 1. The number of ether oxygens (including phenoxy) is 1. The molecule has 0 amide bonds. The van der Waals surface area contributed by atoms with Crippen molar-refractivity contribution in [3.63, 3.8) is 0 Å². The Morgan fingerprint density at radius 1 is 1.25 bits per heavy atom. The highest BCUT2D eigenvalue weighted by Gasteiger charge is 2.17. The highest BCUT2D eigenvalue weighted by atomic mass is 35.5. The molecule has 1 N–H and O–H groups in total. The van der Waals surface area contributed by atoms with Crippen LogP contribution in [0.3, 0.4) is 0 Å². The molecule has 5 nitrogen and oxygen atoms in total. The van der Waals surface area contributed by atoms with Crippen molar-refractivity contribution < 1.29 is 9.66 Å². The van der Waals surface area contributed by atoms with Crippen LogP contribution >= 0.6 is 11.6 Å². The molecule has 1 aliphatic heterocycles. The van der Waals surface area contributed by atoms with Crippen molar-refractivity contribution >= 4 is 23.0 Å². The first-order valence-corrected chi connectivity index (χ1v) is 6.50. The Labute approximate surface area is 120 Å². The van der Waals surface area contributed by atoms with Crippen molar-refractivity contribution in [2.45, 2.75) is 6.42 Å². The molecule has 0 spiro atoms. The molecule has 0 atom stereocenters. The fraction of sp³-hybridized carbons (Fsp3) is 0.143. The van der Waals surface area contributed by atoms with Crippen LogP contribution in [0.15, 0.2) is 36.4 Å². The molecular formula is C14H11ClN2O3. The van der Waals surface area contributed by atoms with Crippen LogP contribution in [0.2, 0.25) is 5.02 Å². The normalized spacial score (nSPS) is 12.7. The van der Waals surface area contributed by atoms with Crippen molar-refractivity contribution in [1.29, 1.82) is 0 Å². The van der Waals surface area contributed by atoms with Gasteiger partial charge in [-0.05, 0) is 24.6 Å². The van der Waals surface area contributed by atoms with Crippen LogP contribution in [0, 0.1) is 10.1 Å². The van der Waals surface area contributed by atoms with E-state index in [0.29, 0.717) is 5.75 Å². The van der Waals surface area contributed by atoms with Crippen molar-refractivity contribution in [2.24, 2.45) is 0 Å². The Morgan fingerprint density at radius 2 is 2.10 bits per heavy atom. The molecule has 6 heteroatoms. The first-order chi connectivity index (χ1) is 9.65. The van der Waals surface area contributed by atoms with Gasteiger partial charge >= 0.3 is 0 Å². The minimum Gasteiger partial charge on any atom is -0.455 e. The SMILES string of the molecule is O=[N+]([O-])c1ccc(Oc2cccc3c2CCN3)c(Cl)c1. The van der Waals surface area contributed by atoms with Gasteiger partial charge in [-0.3, -0.25) is 10.1 Å². The van der Waals surface area contributed by atoms with Gasteiger partial charge in [0.05, 0.1) is 9.95 Å². The molecule has 0 saturated carbocycles. The molecule has 2 aromatic carbocycles. The summed E-state index contributed by atoms with van der Waals surface area (Å²) in [6.45, 7) is 0.879. The molecule has 0 unspecified atom stereocenters. The van der Waals surface area contributed by atoms with Crippen LogP contribution in [0.5, 0.6) is 11.5 Å². The summed E-state index contributed by atoms with van der Waals surface area (Å²) in [5.41, 5.74) is 2.10. The maximum atomic E-state index is 10.7. The Morgan fingerprint density at radius 3 is 2.85 bits per heavy atom. The molecule has 0 radical (unpaired) electrons. The molecule has 0 saturated heterocycles. The number of benzene rings is 2. The van der Waals surface area contributed by atoms with Crippen molar-refractivity contribution in [3.05, 3.63) is 57.1 Å². The van der Waals surface area contributed by atoms with Crippen LogP contribution in [0.25, 0.3) is 0 Å². The van der Waals surface area contributed by atoms with Crippen molar-refractivity contribution in [2.75, 3.05) is 11.9 Å². The minimum absolute atomic E-state index is 0.0534. The van der Waals surface area contributed by atoms with E-state index in [1.807, 2.05) is 18.2 Å². The Hall–Kier alpha value is -2.27. The number of fused-ring (bicyclic) bond motifs is 1. The molecule has 1 heterocycles. The number of non-ortho nitro benzene ring substituents is 1. The van der Waals surface area contributed by atoms with Gasteiger partial charge in [0, 0.05) is 29.9 Å². The zero-order chi connectivity index (χ0) is 14.1. The summed E-state index contributed by atoms with van der Waals surface area (Å²) in [5, 5.41) is 14.2. The smallest absolute Gasteiger partial charge is 0.271 e. The summed E-state index contributed by atoms with van der Waals surface area (Å²) in [5.74, 6) is 1.14. The monoisotopic (exact) mass is 290 g/mol. The number of nitro benzene ring substituents is 1. The first kappa shape index (κ1) is 12.7. The van der Waals surface area contributed by atoms with E-state index in [2.05, 4.69) is 5.32 Å². The molecule has 3 rings (SSSR count). The lowest BCUT2D eigenvalue weighted by Crippen LogP contribution is -1.92. The molecule has 2 aromatic rings. The molecule has 102 valence electrons. The summed E-state index contributed by atoms with van der Waals surface area (Å²) in [4.78, 5) is 10.2. The molecule has 0 aromatic heterocycles. The van der Waals surface area contributed by atoms with Gasteiger partial charge in [-0.15, -0.1) is 0 Å². The average molecular weight is 291 g/mol. The molecule has 20 heavy (non-hydrogen) atoms. The lowest BCUT2D eigenvalue weighted by atomic mass is 10.1. The maximum absolute atomic E-state index is 10.7. The summed E-state index contributed by atoms with van der Waals surface area (Å²) in [7, 11) is 0. The standard InChI is InChI=1S/C14H11ClN2O3/c15-11-8-9(17(18)19)4-5-14(11)20-13-3-1-2-12-10(13)6-7-16-12/h1-5,8,16H,6-7H2. The lowest BCUT2D eigenvalue weighted by Gasteiger charge is -2.11. The number of rotatable bonds is 3. The number of nitro groups is 1. The van der Waals surface area contributed by atoms with Gasteiger partial charge in [0.2, 0.25) is 0 Å². The number of hydrogen-bond donors (Lipinski definition) is 1. The van der Waals surface area contributed by atoms with Crippen LogP contribution < -0.4 is 10.1 Å². The lowest BCUT2D eigenvalue weighted by molar-refractivity contribution is -0.384. The van der Waals surface area contributed by atoms with Crippen LogP contribution in [-0.4, -0.2) is 11.5 Å². The third-order valence-corrected chi connectivity index (χ3v) is 3.47. The molecule has 0 fully saturated rings. The summed E-state index contributed by atoms with van der Waals surface area (Å²) >= 11 is 6.03. The van der Waals surface area contributed by atoms with Crippen LogP contribution in [0.4, 0.5) is 11.4 Å². The summed E-state index contributed by atoms with van der Waals surface area (Å²) < 4.78 is 5.79. The summed E-state index contributed by atoms with van der Waals surface area (Å²) in [6, 6.07) is 9.94. The van der Waals surface area contributed by atoms with Gasteiger partial charge in [-0.2, -0.15) is 0 Å². The third-order valence-electron chi connectivity index (χ3n) is 3.17. The third kappa shape index (κ3) is 2.28. The second-order valence-corrected chi connectivity index (χ2v) is 4.84. The molecule has 0 aliphatic carbocycles. The number of halogens is 1. The Kier molecular flexibility index (Phi) is 3.20. The fourth-order valence-electron chi connectivity index (χ4n) is 2.21. The number of hydrogen-bond acceptors (Lipinski definition) is 4. The van der Waals surface area contributed by atoms with Crippen molar-refractivity contribution in [3.8, 4) is 11.5 Å². The van der Waals surface area contributed by atoms with Crippen molar-refractivity contribution in [1.82, 2.24) is 0 Å². The molecular weight excluding hydrogens is 280 g/mol. The van der Waals surface area contributed by atoms with E-state index in [1.54, 1.807) is 0 Å². The number of nitrogens with zero attached hydrogens (tertiary/aromatic N) is 1. The quantitative estimate of drug-likeness (QED) is 0.685. The van der Waals surface area contributed by atoms with E-state index in [0.717, 1.165) is 30.0 Å². The van der Waals surface area contributed by atoms with Gasteiger partial charge in [-0.25, -0.2) is 0 Å². The second kappa shape index (κ2) is 5.02. The highest BCUT2D eigenvalue weighted by Crippen LogP contribution is 2.37. The summed E-state index contributed by atoms with van der Waals surface area (Å²) in [6.07, 6.45) is 0.885. The Balaban J connectivity index is 1.92. The van der Waals surface area contributed by atoms with Crippen LogP contribution in [-0.2, 0) is 6.42 Å². The van der Waals surface area contributed by atoms with E-state index >= 15 is 0 Å². The highest BCUT2D eigenvalue weighted by molar-refractivity contribution is 6.32. The topological polar surface area (TPSA) is 64.4 Å². The van der Waals surface area contributed by atoms with Gasteiger partial charge in [0.1, 0.15) is 11.5 Å². The van der Waals surface area contributed by atoms with E-state index in [4.69, 9.17) is 16.3 Å². The van der Waals surface area contributed by atoms with Crippen LogP contribution in [0.1, 0.15) is 5.56 Å². The van der Waals surface area contributed by atoms with E-state index in [9.17, 15) is 10.1 Å². The zero-order valence-electron chi connectivity index (χ0n) is 10.4. The first-order valence-electron chi connectivity index (χ1n) is 6.13. The largest absolute Gasteiger partial charge is 0.455 e. The van der Waals surface area contributed by atoms with Gasteiger partial charge in [0.25, 0.3) is 5.69 Å². The van der Waals surface area contributed by atoms with Gasteiger partial charge in [-0.1, -0.05) is 17.7 Å². The zero-order valence-corrected chi connectivity index (χ0v) is 11.2. The fourth-order valence-corrected chi connectivity index (χ4v) is 2.42. The van der Waals surface area contributed by atoms with E-state index in [-0.39, 0.29) is 10.7 Å². The van der Waals surface area contributed by atoms with Gasteiger partial charge in [0.15, 0.2) is 0 Å². The second-order valence-electron chi connectivity index (χ2n) is 4.43. The Bertz CT molecular complexity index is 688. The maximum Gasteiger partial charge on any atom is 0.271 e.